The van der Waals surface area contributed by atoms with E-state index < -0.39 is 0 Å². The van der Waals surface area contributed by atoms with Crippen LogP contribution in [0.25, 0.3) is 0 Å². The van der Waals surface area contributed by atoms with Gasteiger partial charge in [-0.3, -0.25) is 0 Å². The van der Waals surface area contributed by atoms with Crippen LogP contribution >= 0.6 is 0 Å². The van der Waals surface area contributed by atoms with Gasteiger partial charge in [-0.05, 0) is 74.0 Å². The van der Waals surface area contributed by atoms with Crippen molar-refractivity contribution in [2.45, 2.75) is 65.7 Å². The fourth-order valence-electron chi connectivity index (χ4n) is 3.53. The first-order chi connectivity index (χ1) is 8.00. The smallest absolute Gasteiger partial charge is 0.0231 e. The van der Waals surface area contributed by atoms with Crippen molar-refractivity contribution >= 4 is 0 Å². The molecule has 0 heterocycles. The molecule has 2 rings (SSSR count). The fourth-order valence-corrected chi connectivity index (χ4v) is 3.53. The van der Waals surface area contributed by atoms with Crippen LogP contribution in [0.1, 0.15) is 65.7 Å². The van der Waals surface area contributed by atoms with Gasteiger partial charge in [0.2, 0.25) is 0 Å². The van der Waals surface area contributed by atoms with Crippen LogP contribution in [0.15, 0.2) is 12.7 Å². The standard InChI is InChI=1S/C17H30/c1-5-14(12-16-10-13(16)2)11-15-6-8-17(3,4)9-7-15/h5,13-16H,1,6-12H2,2-4H3. The van der Waals surface area contributed by atoms with Crippen LogP contribution < -0.4 is 0 Å². The minimum absolute atomic E-state index is 0.616. The van der Waals surface area contributed by atoms with Gasteiger partial charge in [-0.2, -0.15) is 0 Å². The minimum Gasteiger partial charge on any atom is -0.103 e. The third-order valence-electron chi connectivity index (χ3n) is 5.31. The van der Waals surface area contributed by atoms with Gasteiger partial charge in [0.05, 0.1) is 0 Å². The first kappa shape index (κ1) is 13.2. The quantitative estimate of drug-likeness (QED) is 0.556. The zero-order chi connectivity index (χ0) is 12.5. The molecule has 3 unspecified atom stereocenters. The Morgan fingerprint density at radius 1 is 1.24 bits per heavy atom. The predicted molar refractivity (Wildman–Crippen MR) is 75.9 cm³/mol. The Morgan fingerprint density at radius 3 is 2.29 bits per heavy atom. The maximum Gasteiger partial charge on any atom is -0.0231 e. The molecule has 0 radical (unpaired) electrons. The van der Waals surface area contributed by atoms with Crippen molar-refractivity contribution in [2.75, 3.05) is 0 Å². The van der Waals surface area contributed by atoms with Gasteiger partial charge in [0.15, 0.2) is 0 Å². The van der Waals surface area contributed by atoms with Crippen LogP contribution in [0.5, 0.6) is 0 Å². The number of hydrogen-bond donors (Lipinski definition) is 0. The maximum absolute atomic E-state index is 4.06. The molecule has 0 saturated heterocycles. The van der Waals surface area contributed by atoms with E-state index >= 15 is 0 Å². The second-order valence-electron chi connectivity index (χ2n) is 7.55. The lowest BCUT2D eigenvalue weighted by molar-refractivity contribution is 0.174. The molecule has 2 aliphatic carbocycles. The summed E-state index contributed by atoms with van der Waals surface area (Å²) in [6.45, 7) is 11.3. The first-order valence-corrected chi connectivity index (χ1v) is 7.63. The summed E-state index contributed by atoms with van der Waals surface area (Å²) in [5.41, 5.74) is 0.616. The normalized spacial score (nSPS) is 34.3. The molecular weight excluding hydrogens is 204 g/mol. The van der Waals surface area contributed by atoms with Crippen molar-refractivity contribution in [1.29, 1.82) is 0 Å². The molecule has 0 aliphatic heterocycles. The van der Waals surface area contributed by atoms with Crippen molar-refractivity contribution in [3.8, 4) is 0 Å². The van der Waals surface area contributed by atoms with E-state index in [9.17, 15) is 0 Å². The second-order valence-corrected chi connectivity index (χ2v) is 7.55. The van der Waals surface area contributed by atoms with Gasteiger partial charge in [0, 0.05) is 0 Å². The maximum atomic E-state index is 4.06. The highest BCUT2D eigenvalue weighted by atomic mass is 14.4. The summed E-state index contributed by atoms with van der Waals surface area (Å²) in [6, 6.07) is 0. The molecule has 0 aromatic carbocycles. The number of hydrogen-bond acceptors (Lipinski definition) is 0. The zero-order valence-electron chi connectivity index (χ0n) is 12.0. The molecule has 0 N–H and O–H groups in total. The van der Waals surface area contributed by atoms with E-state index in [1.165, 1.54) is 44.9 Å². The van der Waals surface area contributed by atoms with Crippen LogP contribution in [0.4, 0.5) is 0 Å². The van der Waals surface area contributed by atoms with E-state index in [2.05, 4.69) is 33.4 Å². The van der Waals surface area contributed by atoms with Crippen LogP contribution in [0, 0.1) is 29.1 Å². The summed E-state index contributed by atoms with van der Waals surface area (Å²) >= 11 is 0. The molecule has 0 spiro atoms. The second kappa shape index (κ2) is 5.16. The molecule has 0 bridgehead atoms. The van der Waals surface area contributed by atoms with Crippen LogP contribution in [-0.2, 0) is 0 Å². The third-order valence-corrected chi connectivity index (χ3v) is 5.31. The fraction of sp³-hybridized carbons (Fsp3) is 0.882. The predicted octanol–water partition coefficient (Wildman–Crippen LogP) is 5.44. The highest BCUT2D eigenvalue weighted by Gasteiger charge is 2.35. The number of rotatable bonds is 5. The van der Waals surface area contributed by atoms with Gasteiger partial charge >= 0.3 is 0 Å². The van der Waals surface area contributed by atoms with E-state index in [0.717, 1.165) is 23.7 Å². The molecule has 0 nitrogen and oxygen atoms in total. The lowest BCUT2D eigenvalue weighted by Gasteiger charge is -2.35. The van der Waals surface area contributed by atoms with Gasteiger partial charge in [-0.25, -0.2) is 0 Å². The minimum atomic E-state index is 0.616. The van der Waals surface area contributed by atoms with E-state index in [-0.39, 0.29) is 0 Å². The zero-order valence-corrected chi connectivity index (χ0v) is 12.0. The van der Waals surface area contributed by atoms with Crippen molar-refractivity contribution in [2.24, 2.45) is 29.1 Å². The van der Waals surface area contributed by atoms with E-state index in [0.29, 0.717) is 5.41 Å². The Morgan fingerprint density at radius 2 is 1.82 bits per heavy atom. The largest absolute Gasteiger partial charge is 0.103 e. The molecule has 0 aromatic rings. The van der Waals surface area contributed by atoms with Gasteiger partial charge in [-0.1, -0.05) is 26.8 Å². The number of allylic oxidation sites excluding steroid dienone is 1. The molecule has 2 aliphatic rings. The molecule has 2 saturated carbocycles. The SMILES string of the molecule is C=CC(CC1CCC(C)(C)CC1)CC1CC1C. The highest BCUT2D eigenvalue weighted by molar-refractivity contribution is 4.91. The van der Waals surface area contributed by atoms with Crippen molar-refractivity contribution < 1.29 is 0 Å². The van der Waals surface area contributed by atoms with Crippen molar-refractivity contribution in [1.82, 2.24) is 0 Å². The molecule has 2 fully saturated rings. The van der Waals surface area contributed by atoms with Crippen LogP contribution in [0.3, 0.4) is 0 Å². The molecule has 0 aromatic heterocycles. The summed E-state index contributed by atoms with van der Waals surface area (Å²) in [6.07, 6.45) is 12.3. The average molecular weight is 234 g/mol. The third kappa shape index (κ3) is 3.86. The van der Waals surface area contributed by atoms with E-state index in [1.807, 2.05) is 0 Å². The lowest BCUT2D eigenvalue weighted by atomic mass is 9.71. The van der Waals surface area contributed by atoms with Crippen molar-refractivity contribution in [3.63, 3.8) is 0 Å². The lowest BCUT2D eigenvalue weighted by Crippen LogP contribution is -2.22. The highest BCUT2D eigenvalue weighted by Crippen LogP contribution is 2.45. The first-order valence-electron chi connectivity index (χ1n) is 7.63. The Bertz CT molecular complexity index is 253. The van der Waals surface area contributed by atoms with Gasteiger partial charge in [0.25, 0.3) is 0 Å². The Kier molecular flexibility index (Phi) is 4.00. The van der Waals surface area contributed by atoms with E-state index in [4.69, 9.17) is 0 Å². The van der Waals surface area contributed by atoms with Crippen LogP contribution in [0.2, 0.25) is 0 Å². The van der Waals surface area contributed by atoms with Crippen LogP contribution in [-0.4, -0.2) is 0 Å². The summed E-state index contributed by atoms with van der Waals surface area (Å²) in [7, 11) is 0. The van der Waals surface area contributed by atoms with Gasteiger partial charge < -0.3 is 0 Å². The molecule has 17 heavy (non-hydrogen) atoms. The molecular formula is C17H30. The average Bonchev–Trinajstić information content (AvgIpc) is 2.96. The molecule has 0 heteroatoms. The molecule has 98 valence electrons. The molecule has 0 amide bonds. The topological polar surface area (TPSA) is 0 Å². The summed E-state index contributed by atoms with van der Waals surface area (Å²) in [4.78, 5) is 0. The Labute approximate surface area is 108 Å². The van der Waals surface area contributed by atoms with Crippen molar-refractivity contribution in [3.05, 3.63) is 12.7 Å². The summed E-state index contributed by atoms with van der Waals surface area (Å²) in [5, 5.41) is 0. The Balaban J connectivity index is 1.73. The monoisotopic (exact) mass is 234 g/mol. The molecule has 3 atom stereocenters. The Hall–Kier alpha value is -0.260. The van der Waals surface area contributed by atoms with Gasteiger partial charge in [0.1, 0.15) is 0 Å². The van der Waals surface area contributed by atoms with E-state index in [1.54, 1.807) is 0 Å². The summed E-state index contributed by atoms with van der Waals surface area (Å²) in [5.74, 6) is 3.82. The van der Waals surface area contributed by atoms with Gasteiger partial charge in [-0.15, -0.1) is 6.58 Å². The summed E-state index contributed by atoms with van der Waals surface area (Å²) < 4.78 is 0.